The zero-order valence-electron chi connectivity index (χ0n) is 12.5. The van der Waals surface area contributed by atoms with Gasteiger partial charge < -0.3 is 14.6 Å². The molecule has 1 saturated heterocycles. The summed E-state index contributed by atoms with van der Waals surface area (Å²) in [6.07, 6.45) is 4.09. The summed E-state index contributed by atoms with van der Waals surface area (Å²) in [4.78, 5) is 26.2. The van der Waals surface area contributed by atoms with Crippen molar-refractivity contribution in [2.45, 2.75) is 25.3 Å². The lowest BCUT2D eigenvalue weighted by Crippen LogP contribution is -2.37. The first kappa shape index (κ1) is 14.2. The van der Waals surface area contributed by atoms with Crippen molar-refractivity contribution in [3.63, 3.8) is 0 Å². The van der Waals surface area contributed by atoms with Crippen LogP contribution in [0.1, 0.15) is 29.6 Å². The molecular weight excluding hydrogens is 299 g/mol. The van der Waals surface area contributed by atoms with Crippen molar-refractivity contribution in [1.29, 1.82) is 0 Å². The zero-order chi connectivity index (χ0) is 16.0. The lowest BCUT2D eigenvalue weighted by atomic mass is 10.1. The average Bonchev–Trinajstić information content (AvgIpc) is 3.08. The summed E-state index contributed by atoms with van der Waals surface area (Å²) in [5.74, 6) is -0.193. The maximum absolute atomic E-state index is 13.6. The second kappa shape index (κ2) is 5.37. The zero-order valence-corrected chi connectivity index (χ0v) is 12.5. The Balaban J connectivity index is 1.49. The van der Waals surface area contributed by atoms with Gasteiger partial charge >= 0.3 is 0 Å². The predicted molar refractivity (Wildman–Crippen MR) is 81.3 cm³/mol. The van der Waals surface area contributed by atoms with Gasteiger partial charge in [-0.05, 0) is 37.0 Å². The van der Waals surface area contributed by atoms with Crippen LogP contribution in [0.3, 0.4) is 0 Å². The van der Waals surface area contributed by atoms with Crippen LogP contribution in [0.5, 0.6) is 0 Å². The number of fused-ring (bicyclic) bond motifs is 1. The van der Waals surface area contributed by atoms with Crippen molar-refractivity contribution in [3.8, 4) is 0 Å². The number of rotatable bonds is 4. The van der Waals surface area contributed by atoms with Gasteiger partial charge in [-0.25, -0.2) is 4.39 Å². The van der Waals surface area contributed by atoms with E-state index in [0.717, 1.165) is 6.54 Å². The number of nitrogens with zero attached hydrogens (tertiary/aromatic N) is 1. The molecule has 0 radical (unpaired) electrons. The molecule has 1 aliphatic heterocycles. The minimum Gasteiger partial charge on any atom is -0.464 e. The number of carbonyl (C=O) groups is 2. The average molecular weight is 316 g/mol. The van der Waals surface area contributed by atoms with E-state index in [0.29, 0.717) is 29.9 Å². The number of likely N-dealkylation sites (tertiary alicyclic amines) is 1. The highest BCUT2D eigenvalue weighted by molar-refractivity contribution is 6.05. The first-order chi connectivity index (χ1) is 11.1. The van der Waals surface area contributed by atoms with Crippen LogP contribution >= 0.6 is 0 Å². The predicted octanol–water partition coefficient (Wildman–Crippen LogP) is 2.31. The van der Waals surface area contributed by atoms with Gasteiger partial charge in [-0.15, -0.1) is 0 Å². The van der Waals surface area contributed by atoms with Crippen molar-refractivity contribution in [1.82, 2.24) is 10.2 Å². The van der Waals surface area contributed by atoms with Crippen molar-refractivity contribution in [2.24, 2.45) is 5.92 Å². The maximum atomic E-state index is 13.6. The normalized spacial score (nSPS) is 21.2. The Morgan fingerprint density at radius 3 is 3.00 bits per heavy atom. The van der Waals surface area contributed by atoms with Crippen LogP contribution in [0.2, 0.25) is 0 Å². The molecular formula is C17H17FN2O3. The van der Waals surface area contributed by atoms with E-state index in [1.54, 1.807) is 6.07 Å². The number of hydrogen-bond donors (Lipinski definition) is 1. The second-order valence-electron chi connectivity index (χ2n) is 6.41. The highest BCUT2D eigenvalue weighted by Crippen LogP contribution is 2.31. The van der Waals surface area contributed by atoms with Crippen LogP contribution in [-0.2, 0) is 4.79 Å². The third kappa shape index (κ3) is 2.81. The molecule has 5 nitrogen and oxygen atoms in total. The highest BCUT2D eigenvalue weighted by atomic mass is 19.1. The highest BCUT2D eigenvalue weighted by Gasteiger charge is 2.34. The fraction of sp³-hybridized carbons (Fsp3) is 0.412. The standard InChI is InChI=1S/C17H17FN2O3/c18-12-5-11-3-4-23-16(11)14(6-12)17(22)19-13-7-15(21)20(9-13)8-10-1-2-10/h3-6,10,13H,1-2,7-9H2,(H,19,22). The van der Waals surface area contributed by atoms with Crippen molar-refractivity contribution >= 4 is 22.8 Å². The van der Waals surface area contributed by atoms with E-state index in [2.05, 4.69) is 5.32 Å². The molecule has 0 bridgehead atoms. The lowest BCUT2D eigenvalue weighted by Gasteiger charge is -2.16. The largest absolute Gasteiger partial charge is 0.464 e. The maximum Gasteiger partial charge on any atom is 0.255 e. The minimum absolute atomic E-state index is 0.0737. The van der Waals surface area contributed by atoms with Gasteiger partial charge in [0.1, 0.15) is 11.4 Å². The molecule has 4 rings (SSSR count). The molecule has 1 aliphatic carbocycles. The van der Waals surface area contributed by atoms with Crippen LogP contribution < -0.4 is 5.32 Å². The third-order valence-electron chi connectivity index (χ3n) is 4.49. The van der Waals surface area contributed by atoms with E-state index >= 15 is 0 Å². The van der Waals surface area contributed by atoms with Crippen molar-refractivity contribution < 1.29 is 18.4 Å². The molecule has 6 heteroatoms. The molecule has 2 heterocycles. The Labute approximate surface area is 132 Å². The molecule has 0 spiro atoms. The van der Waals surface area contributed by atoms with Crippen LogP contribution in [-0.4, -0.2) is 35.8 Å². The van der Waals surface area contributed by atoms with E-state index < -0.39 is 11.7 Å². The van der Waals surface area contributed by atoms with Crippen LogP contribution in [0.15, 0.2) is 28.9 Å². The van der Waals surface area contributed by atoms with Gasteiger partial charge in [-0.1, -0.05) is 0 Å². The molecule has 1 N–H and O–H groups in total. The van der Waals surface area contributed by atoms with E-state index in [1.807, 2.05) is 4.90 Å². The van der Waals surface area contributed by atoms with Gasteiger partial charge in [0, 0.05) is 24.9 Å². The van der Waals surface area contributed by atoms with E-state index in [4.69, 9.17) is 4.42 Å². The molecule has 2 aromatic rings. The molecule has 1 aromatic carbocycles. The Hall–Kier alpha value is -2.37. The molecule has 1 unspecified atom stereocenters. The van der Waals surface area contributed by atoms with Gasteiger partial charge in [0.15, 0.2) is 0 Å². The van der Waals surface area contributed by atoms with Gasteiger partial charge in [0.05, 0.1) is 17.9 Å². The first-order valence-corrected chi connectivity index (χ1v) is 7.85. The SMILES string of the molecule is O=C(NC1CC(=O)N(CC2CC2)C1)c1cc(F)cc2ccoc12. The smallest absolute Gasteiger partial charge is 0.255 e. The molecule has 1 saturated carbocycles. The fourth-order valence-electron chi connectivity index (χ4n) is 3.13. The summed E-state index contributed by atoms with van der Waals surface area (Å²) in [6.45, 7) is 1.31. The number of carbonyl (C=O) groups excluding carboxylic acids is 2. The molecule has 1 atom stereocenters. The first-order valence-electron chi connectivity index (χ1n) is 7.85. The Bertz CT molecular complexity index is 781. The molecule has 120 valence electrons. The van der Waals surface area contributed by atoms with Crippen molar-refractivity contribution in [2.75, 3.05) is 13.1 Å². The van der Waals surface area contributed by atoms with E-state index in [9.17, 15) is 14.0 Å². The Kier molecular flexibility index (Phi) is 3.32. The summed E-state index contributed by atoms with van der Waals surface area (Å²) in [5.41, 5.74) is 0.529. The monoisotopic (exact) mass is 316 g/mol. The van der Waals surface area contributed by atoms with Crippen LogP contribution in [0, 0.1) is 11.7 Å². The number of nitrogens with one attached hydrogen (secondary N) is 1. The summed E-state index contributed by atoms with van der Waals surface area (Å²) < 4.78 is 18.9. The second-order valence-corrected chi connectivity index (χ2v) is 6.41. The van der Waals surface area contributed by atoms with Gasteiger partial charge in [0.25, 0.3) is 5.91 Å². The Morgan fingerprint density at radius 1 is 1.39 bits per heavy atom. The van der Waals surface area contributed by atoms with Gasteiger partial charge in [-0.2, -0.15) is 0 Å². The van der Waals surface area contributed by atoms with Gasteiger partial charge in [0.2, 0.25) is 5.91 Å². The molecule has 2 aliphatic rings. The van der Waals surface area contributed by atoms with Crippen molar-refractivity contribution in [3.05, 3.63) is 35.8 Å². The lowest BCUT2D eigenvalue weighted by molar-refractivity contribution is -0.127. The molecule has 2 fully saturated rings. The number of halogens is 1. The molecule has 2 amide bonds. The van der Waals surface area contributed by atoms with Crippen LogP contribution in [0.25, 0.3) is 11.0 Å². The number of benzene rings is 1. The van der Waals surface area contributed by atoms with Gasteiger partial charge in [-0.3, -0.25) is 9.59 Å². The summed E-state index contributed by atoms with van der Waals surface area (Å²) in [7, 11) is 0. The Morgan fingerprint density at radius 2 is 2.22 bits per heavy atom. The van der Waals surface area contributed by atoms with Crippen LogP contribution in [0.4, 0.5) is 4.39 Å². The topological polar surface area (TPSA) is 62.6 Å². The number of furan rings is 1. The molecule has 1 aromatic heterocycles. The third-order valence-corrected chi connectivity index (χ3v) is 4.49. The fourth-order valence-corrected chi connectivity index (χ4v) is 3.13. The van der Waals surface area contributed by atoms with E-state index in [-0.39, 0.29) is 17.5 Å². The summed E-state index contributed by atoms with van der Waals surface area (Å²) in [6, 6.07) is 3.87. The quantitative estimate of drug-likeness (QED) is 0.941. The summed E-state index contributed by atoms with van der Waals surface area (Å²) in [5, 5.41) is 3.38. The number of hydrogen-bond acceptors (Lipinski definition) is 3. The molecule has 23 heavy (non-hydrogen) atoms. The van der Waals surface area contributed by atoms with E-state index in [1.165, 1.54) is 31.2 Å². The minimum atomic E-state index is -0.484. The summed E-state index contributed by atoms with van der Waals surface area (Å²) >= 11 is 0. The number of amides is 2.